The van der Waals surface area contributed by atoms with Crippen LogP contribution in [0.25, 0.3) is 0 Å². The number of anilines is 1. The third kappa shape index (κ3) is 3.21. The molecule has 142 valence electrons. The number of para-hydroxylation sites is 1. The molecule has 2 aromatic carbocycles. The van der Waals surface area contributed by atoms with Gasteiger partial charge in [0.2, 0.25) is 15.9 Å². The Morgan fingerprint density at radius 1 is 1.22 bits per heavy atom. The average Bonchev–Trinajstić information content (AvgIpc) is 2.97. The molecule has 7 heteroatoms. The topological polar surface area (TPSA) is 75.7 Å². The van der Waals surface area contributed by atoms with Gasteiger partial charge in [-0.3, -0.25) is 4.79 Å². The first-order valence-electron chi connectivity index (χ1n) is 9.03. The van der Waals surface area contributed by atoms with Crippen molar-refractivity contribution in [3.63, 3.8) is 0 Å². The van der Waals surface area contributed by atoms with E-state index in [0.717, 1.165) is 22.6 Å². The Morgan fingerprint density at radius 3 is 2.78 bits per heavy atom. The second-order valence-electron chi connectivity index (χ2n) is 7.08. The predicted octanol–water partition coefficient (Wildman–Crippen LogP) is 2.79. The molecule has 27 heavy (non-hydrogen) atoms. The predicted molar refractivity (Wildman–Crippen MR) is 102 cm³/mol. The first-order chi connectivity index (χ1) is 12.9. The molecule has 0 saturated heterocycles. The van der Waals surface area contributed by atoms with Crippen LogP contribution in [0.5, 0.6) is 5.75 Å². The SMILES string of the molecule is CC(=O)N1c2ccc(S(=O)(=O)N[C@H]3CCOc4ccccc43)cc2C[C@H]1C. The number of hydrogen-bond donors (Lipinski definition) is 1. The zero-order valence-electron chi connectivity index (χ0n) is 15.3. The standard InChI is InChI=1S/C20H22N2O4S/c1-13-11-15-12-16(7-8-19(15)22(13)14(2)23)27(24,25)21-18-9-10-26-20-6-4-3-5-17(18)20/h3-8,12-13,18,21H,9-11H2,1-2H3/t13-,18+/m1/s1. The summed E-state index contributed by atoms with van der Waals surface area (Å²) >= 11 is 0. The molecule has 1 amide bonds. The van der Waals surface area contributed by atoms with Gasteiger partial charge in [-0.25, -0.2) is 13.1 Å². The van der Waals surface area contributed by atoms with Crippen LogP contribution in [0.3, 0.4) is 0 Å². The monoisotopic (exact) mass is 386 g/mol. The summed E-state index contributed by atoms with van der Waals surface area (Å²) in [6.07, 6.45) is 1.23. The minimum atomic E-state index is -3.69. The minimum absolute atomic E-state index is 0.0331. The molecule has 2 aliphatic heterocycles. The van der Waals surface area contributed by atoms with E-state index in [2.05, 4.69) is 4.72 Å². The van der Waals surface area contributed by atoms with Gasteiger partial charge in [0.15, 0.2) is 0 Å². The highest BCUT2D eigenvalue weighted by Gasteiger charge is 2.31. The molecule has 2 aromatic rings. The Morgan fingerprint density at radius 2 is 2.00 bits per heavy atom. The van der Waals surface area contributed by atoms with Crippen molar-refractivity contribution in [2.24, 2.45) is 0 Å². The van der Waals surface area contributed by atoms with Gasteiger partial charge in [0.25, 0.3) is 0 Å². The van der Waals surface area contributed by atoms with Crippen LogP contribution < -0.4 is 14.4 Å². The normalized spacial score (nSPS) is 21.3. The van der Waals surface area contributed by atoms with Gasteiger partial charge in [0, 0.05) is 30.6 Å². The molecule has 2 aliphatic rings. The molecule has 0 spiro atoms. The summed E-state index contributed by atoms with van der Waals surface area (Å²) in [5.41, 5.74) is 2.53. The van der Waals surface area contributed by atoms with E-state index in [1.165, 1.54) is 6.92 Å². The van der Waals surface area contributed by atoms with Crippen LogP contribution >= 0.6 is 0 Å². The number of nitrogens with one attached hydrogen (secondary N) is 1. The first-order valence-corrected chi connectivity index (χ1v) is 10.5. The number of ether oxygens (including phenoxy) is 1. The fourth-order valence-electron chi connectivity index (χ4n) is 3.97. The lowest BCUT2D eigenvalue weighted by Gasteiger charge is -2.26. The lowest BCUT2D eigenvalue weighted by molar-refractivity contribution is -0.116. The minimum Gasteiger partial charge on any atom is -0.493 e. The Hall–Kier alpha value is -2.38. The summed E-state index contributed by atoms with van der Waals surface area (Å²) in [4.78, 5) is 13.8. The Bertz CT molecular complexity index is 1000. The van der Waals surface area contributed by atoms with Gasteiger partial charge in [-0.15, -0.1) is 0 Å². The third-order valence-electron chi connectivity index (χ3n) is 5.17. The van der Waals surface area contributed by atoms with Gasteiger partial charge in [-0.1, -0.05) is 18.2 Å². The van der Waals surface area contributed by atoms with E-state index in [0.29, 0.717) is 19.4 Å². The van der Waals surface area contributed by atoms with Crippen LogP contribution in [0.2, 0.25) is 0 Å². The quantitative estimate of drug-likeness (QED) is 0.880. The summed E-state index contributed by atoms with van der Waals surface area (Å²) in [6, 6.07) is 12.2. The molecule has 6 nitrogen and oxygen atoms in total. The van der Waals surface area contributed by atoms with Gasteiger partial charge in [-0.05, 0) is 43.2 Å². The summed E-state index contributed by atoms with van der Waals surface area (Å²) < 4.78 is 34.4. The highest BCUT2D eigenvalue weighted by Crippen LogP contribution is 2.35. The number of carbonyl (C=O) groups excluding carboxylic acids is 1. The smallest absolute Gasteiger partial charge is 0.241 e. The van der Waals surface area contributed by atoms with E-state index >= 15 is 0 Å². The first kappa shape index (κ1) is 18.0. The summed E-state index contributed by atoms with van der Waals surface area (Å²) in [7, 11) is -3.69. The third-order valence-corrected chi connectivity index (χ3v) is 6.64. The number of amides is 1. The average molecular weight is 386 g/mol. The van der Waals surface area contributed by atoms with Crippen molar-refractivity contribution in [2.75, 3.05) is 11.5 Å². The van der Waals surface area contributed by atoms with Gasteiger partial charge in [0.1, 0.15) is 5.75 Å². The maximum Gasteiger partial charge on any atom is 0.241 e. The van der Waals surface area contributed by atoms with Crippen LogP contribution in [-0.2, 0) is 21.2 Å². The Labute approximate surface area is 159 Å². The molecule has 0 fully saturated rings. The van der Waals surface area contributed by atoms with Gasteiger partial charge in [-0.2, -0.15) is 0 Å². The number of carbonyl (C=O) groups is 1. The van der Waals surface area contributed by atoms with Crippen molar-refractivity contribution in [3.05, 3.63) is 53.6 Å². The van der Waals surface area contributed by atoms with E-state index in [-0.39, 0.29) is 22.9 Å². The zero-order chi connectivity index (χ0) is 19.2. The molecule has 0 unspecified atom stereocenters. The second-order valence-corrected chi connectivity index (χ2v) is 8.80. The fraction of sp³-hybridized carbons (Fsp3) is 0.350. The van der Waals surface area contributed by atoms with Crippen molar-refractivity contribution in [1.82, 2.24) is 4.72 Å². The van der Waals surface area contributed by atoms with Gasteiger partial charge in [0.05, 0.1) is 17.5 Å². The van der Waals surface area contributed by atoms with E-state index in [9.17, 15) is 13.2 Å². The molecule has 0 bridgehead atoms. The van der Waals surface area contributed by atoms with Crippen LogP contribution in [0, 0.1) is 0 Å². The van der Waals surface area contributed by atoms with Crippen LogP contribution in [0.15, 0.2) is 47.4 Å². The number of rotatable bonds is 3. The highest BCUT2D eigenvalue weighted by atomic mass is 32.2. The fourth-order valence-corrected chi connectivity index (χ4v) is 5.27. The number of fused-ring (bicyclic) bond motifs is 2. The Balaban J connectivity index is 1.63. The maximum absolute atomic E-state index is 13.0. The van der Waals surface area contributed by atoms with Crippen LogP contribution in [0.4, 0.5) is 5.69 Å². The number of nitrogens with zero attached hydrogens (tertiary/aromatic N) is 1. The number of hydrogen-bond acceptors (Lipinski definition) is 4. The molecule has 4 rings (SSSR count). The molecule has 2 heterocycles. The van der Waals surface area contributed by atoms with Crippen molar-refractivity contribution >= 4 is 21.6 Å². The van der Waals surface area contributed by atoms with Crippen molar-refractivity contribution < 1.29 is 17.9 Å². The van der Waals surface area contributed by atoms with Crippen molar-refractivity contribution in [2.45, 2.75) is 43.7 Å². The van der Waals surface area contributed by atoms with E-state index in [1.807, 2.05) is 31.2 Å². The van der Waals surface area contributed by atoms with Crippen molar-refractivity contribution in [3.8, 4) is 5.75 Å². The lowest BCUT2D eigenvalue weighted by atomic mass is 10.0. The molecule has 0 aromatic heterocycles. The molecule has 1 N–H and O–H groups in total. The molecule has 0 radical (unpaired) electrons. The molecular formula is C20H22N2O4S. The zero-order valence-corrected chi connectivity index (χ0v) is 16.1. The van der Waals surface area contributed by atoms with Crippen LogP contribution in [0.1, 0.15) is 37.4 Å². The maximum atomic E-state index is 13.0. The van der Waals surface area contributed by atoms with Crippen LogP contribution in [-0.4, -0.2) is 27.0 Å². The van der Waals surface area contributed by atoms with Crippen molar-refractivity contribution in [1.29, 1.82) is 0 Å². The van der Waals surface area contributed by atoms with E-state index < -0.39 is 10.0 Å². The largest absolute Gasteiger partial charge is 0.493 e. The highest BCUT2D eigenvalue weighted by molar-refractivity contribution is 7.89. The summed E-state index contributed by atoms with van der Waals surface area (Å²) in [5, 5.41) is 0. The lowest BCUT2D eigenvalue weighted by Crippen LogP contribution is -2.33. The Kier molecular flexibility index (Phi) is 4.44. The molecule has 0 saturated carbocycles. The van der Waals surface area contributed by atoms with E-state index in [1.54, 1.807) is 23.1 Å². The van der Waals surface area contributed by atoms with E-state index in [4.69, 9.17) is 4.74 Å². The summed E-state index contributed by atoms with van der Waals surface area (Å²) in [5.74, 6) is 0.685. The second kappa shape index (κ2) is 6.65. The van der Waals surface area contributed by atoms with Gasteiger partial charge < -0.3 is 9.64 Å². The van der Waals surface area contributed by atoms with Gasteiger partial charge >= 0.3 is 0 Å². The number of sulfonamides is 1. The number of benzene rings is 2. The molecular weight excluding hydrogens is 364 g/mol. The molecule has 2 atom stereocenters. The molecule has 0 aliphatic carbocycles. The summed E-state index contributed by atoms with van der Waals surface area (Å²) in [6.45, 7) is 3.96.